The van der Waals surface area contributed by atoms with E-state index >= 15 is 0 Å². The fourth-order valence-electron chi connectivity index (χ4n) is 1.62. The number of nitrogens with zero attached hydrogens (tertiary/aromatic N) is 3. The molecule has 7 heteroatoms. The Morgan fingerprint density at radius 2 is 2.28 bits per heavy atom. The molecule has 0 unspecified atom stereocenters. The predicted octanol–water partition coefficient (Wildman–Crippen LogP) is 1.60. The second kappa shape index (κ2) is 4.77. The van der Waals surface area contributed by atoms with Gasteiger partial charge in [0.1, 0.15) is 11.5 Å². The summed E-state index contributed by atoms with van der Waals surface area (Å²) in [6.07, 6.45) is 0. The lowest BCUT2D eigenvalue weighted by Crippen LogP contribution is -2.26. The maximum absolute atomic E-state index is 12.1. The molecule has 18 heavy (non-hydrogen) atoms. The average Bonchev–Trinajstić information content (AvgIpc) is 2.89. The normalized spacial score (nSPS) is 10.6. The standard InChI is InChI=1S/C11H14N4O2S/c1-6-8(7(2)17-14-6)4-15(3)10(16)9-5-18-11(12)13-9/h5H,4H2,1-3H3,(H2,12,13). The molecule has 0 aliphatic carbocycles. The van der Waals surface area contributed by atoms with E-state index in [2.05, 4.69) is 10.1 Å². The number of thiazole rings is 1. The number of hydrogen-bond acceptors (Lipinski definition) is 6. The summed E-state index contributed by atoms with van der Waals surface area (Å²) in [6.45, 7) is 4.12. The topological polar surface area (TPSA) is 85.2 Å². The van der Waals surface area contributed by atoms with E-state index in [1.165, 1.54) is 11.3 Å². The molecule has 1 amide bonds. The van der Waals surface area contributed by atoms with Crippen molar-refractivity contribution < 1.29 is 9.32 Å². The number of hydrogen-bond donors (Lipinski definition) is 1. The SMILES string of the molecule is Cc1noc(C)c1CN(C)C(=O)c1csc(N)n1. The molecule has 96 valence electrons. The van der Waals surface area contributed by atoms with Gasteiger partial charge in [0, 0.05) is 18.0 Å². The van der Waals surface area contributed by atoms with E-state index in [4.69, 9.17) is 10.3 Å². The minimum atomic E-state index is -0.164. The highest BCUT2D eigenvalue weighted by molar-refractivity contribution is 7.13. The van der Waals surface area contributed by atoms with Crippen molar-refractivity contribution in [2.45, 2.75) is 20.4 Å². The van der Waals surface area contributed by atoms with E-state index in [0.29, 0.717) is 17.4 Å². The highest BCUT2D eigenvalue weighted by atomic mass is 32.1. The van der Waals surface area contributed by atoms with Gasteiger partial charge >= 0.3 is 0 Å². The van der Waals surface area contributed by atoms with Gasteiger partial charge in [-0.05, 0) is 13.8 Å². The third-order valence-electron chi connectivity index (χ3n) is 2.66. The Bertz CT molecular complexity index is 556. The van der Waals surface area contributed by atoms with Crippen molar-refractivity contribution in [2.75, 3.05) is 12.8 Å². The van der Waals surface area contributed by atoms with E-state index in [-0.39, 0.29) is 5.91 Å². The molecule has 2 aromatic heterocycles. The first kappa shape index (κ1) is 12.6. The van der Waals surface area contributed by atoms with Gasteiger partial charge in [-0.3, -0.25) is 4.79 Å². The summed E-state index contributed by atoms with van der Waals surface area (Å²) in [4.78, 5) is 17.6. The largest absolute Gasteiger partial charge is 0.375 e. The van der Waals surface area contributed by atoms with E-state index in [1.54, 1.807) is 17.3 Å². The smallest absolute Gasteiger partial charge is 0.273 e. The summed E-state index contributed by atoms with van der Waals surface area (Å²) in [5.41, 5.74) is 7.60. The predicted molar refractivity (Wildman–Crippen MR) is 68.3 cm³/mol. The second-order valence-electron chi connectivity index (χ2n) is 4.03. The Balaban J connectivity index is 2.13. The fraction of sp³-hybridized carbons (Fsp3) is 0.364. The summed E-state index contributed by atoms with van der Waals surface area (Å²) in [5, 5.41) is 5.91. The molecule has 0 aliphatic heterocycles. The summed E-state index contributed by atoms with van der Waals surface area (Å²) in [5.74, 6) is 0.563. The summed E-state index contributed by atoms with van der Waals surface area (Å²) < 4.78 is 5.06. The average molecular weight is 266 g/mol. The van der Waals surface area contributed by atoms with Crippen LogP contribution in [-0.2, 0) is 6.54 Å². The van der Waals surface area contributed by atoms with Gasteiger partial charge in [0.25, 0.3) is 5.91 Å². The van der Waals surface area contributed by atoms with Crippen LogP contribution in [0.1, 0.15) is 27.5 Å². The minimum Gasteiger partial charge on any atom is -0.375 e. The van der Waals surface area contributed by atoms with Crippen molar-refractivity contribution in [3.05, 3.63) is 28.1 Å². The first-order valence-corrected chi connectivity index (χ1v) is 6.25. The number of carbonyl (C=O) groups is 1. The zero-order chi connectivity index (χ0) is 13.3. The monoisotopic (exact) mass is 266 g/mol. The van der Waals surface area contributed by atoms with Gasteiger partial charge in [-0.1, -0.05) is 5.16 Å². The van der Waals surface area contributed by atoms with E-state index in [0.717, 1.165) is 17.0 Å². The number of aryl methyl sites for hydroxylation is 2. The highest BCUT2D eigenvalue weighted by Gasteiger charge is 2.18. The number of nitrogen functional groups attached to an aromatic ring is 1. The zero-order valence-electron chi connectivity index (χ0n) is 10.4. The van der Waals surface area contributed by atoms with Crippen molar-refractivity contribution in [3.63, 3.8) is 0 Å². The lowest BCUT2D eigenvalue weighted by atomic mass is 10.2. The van der Waals surface area contributed by atoms with Crippen LogP contribution in [0.2, 0.25) is 0 Å². The molecule has 2 heterocycles. The molecule has 0 fully saturated rings. The number of carbonyl (C=O) groups excluding carboxylic acids is 1. The molecule has 0 aromatic carbocycles. The van der Waals surface area contributed by atoms with Gasteiger partial charge in [-0.15, -0.1) is 11.3 Å². The lowest BCUT2D eigenvalue weighted by molar-refractivity contribution is 0.0779. The van der Waals surface area contributed by atoms with Gasteiger partial charge < -0.3 is 15.2 Å². The quantitative estimate of drug-likeness (QED) is 0.912. The number of rotatable bonds is 3. The van der Waals surface area contributed by atoms with Crippen LogP contribution in [0, 0.1) is 13.8 Å². The molecule has 6 nitrogen and oxygen atoms in total. The Morgan fingerprint density at radius 3 is 2.78 bits per heavy atom. The van der Waals surface area contributed by atoms with Crippen LogP contribution in [0.4, 0.5) is 5.13 Å². The molecular formula is C11H14N4O2S. The molecule has 0 saturated carbocycles. The van der Waals surface area contributed by atoms with Gasteiger partial charge in [-0.2, -0.15) is 0 Å². The first-order chi connectivity index (χ1) is 8.49. The second-order valence-corrected chi connectivity index (χ2v) is 4.92. The van der Waals surface area contributed by atoms with Crippen molar-refractivity contribution in [1.82, 2.24) is 15.0 Å². The molecule has 2 aromatic rings. The summed E-state index contributed by atoms with van der Waals surface area (Å²) in [7, 11) is 1.71. The Hall–Kier alpha value is -1.89. The van der Waals surface area contributed by atoms with Gasteiger partial charge in [-0.25, -0.2) is 4.98 Å². The van der Waals surface area contributed by atoms with Crippen LogP contribution in [0.25, 0.3) is 0 Å². The fourth-order valence-corrected chi connectivity index (χ4v) is 2.15. The number of amides is 1. The van der Waals surface area contributed by atoms with E-state index < -0.39 is 0 Å². The molecular weight excluding hydrogens is 252 g/mol. The molecule has 0 spiro atoms. The molecule has 0 saturated heterocycles. The zero-order valence-corrected chi connectivity index (χ0v) is 11.2. The number of anilines is 1. The molecule has 0 aliphatic rings. The Labute approximate surface area is 108 Å². The van der Waals surface area contributed by atoms with Crippen LogP contribution in [0.15, 0.2) is 9.90 Å². The van der Waals surface area contributed by atoms with Gasteiger partial charge in [0.2, 0.25) is 0 Å². The van der Waals surface area contributed by atoms with Crippen LogP contribution in [-0.4, -0.2) is 28.0 Å². The number of aromatic nitrogens is 2. The van der Waals surface area contributed by atoms with Crippen molar-refractivity contribution >= 4 is 22.4 Å². The molecule has 2 rings (SSSR count). The third-order valence-corrected chi connectivity index (χ3v) is 3.34. The van der Waals surface area contributed by atoms with Crippen molar-refractivity contribution in [1.29, 1.82) is 0 Å². The lowest BCUT2D eigenvalue weighted by Gasteiger charge is -2.15. The molecule has 0 atom stereocenters. The maximum atomic E-state index is 12.1. The van der Waals surface area contributed by atoms with Crippen LogP contribution >= 0.6 is 11.3 Å². The Morgan fingerprint density at radius 1 is 1.56 bits per heavy atom. The molecule has 0 bridgehead atoms. The van der Waals surface area contributed by atoms with Crippen molar-refractivity contribution in [3.8, 4) is 0 Å². The van der Waals surface area contributed by atoms with Gasteiger partial charge in [0.05, 0.1) is 12.2 Å². The Kier molecular flexibility index (Phi) is 3.33. The summed E-state index contributed by atoms with van der Waals surface area (Å²) >= 11 is 1.25. The van der Waals surface area contributed by atoms with Crippen LogP contribution < -0.4 is 5.73 Å². The van der Waals surface area contributed by atoms with E-state index in [1.807, 2.05) is 13.8 Å². The van der Waals surface area contributed by atoms with Crippen LogP contribution in [0.3, 0.4) is 0 Å². The minimum absolute atomic E-state index is 0.164. The van der Waals surface area contributed by atoms with Gasteiger partial charge in [0.15, 0.2) is 5.13 Å². The van der Waals surface area contributed by atoms with E-state index in [9.17, 15) is 4.79 Å². The molecule has 0 radical (unpaired) electrons. The maximum Gasteiger partial charge on any atom is 0.273 e. The van der Waals surface area contributed by atoms with Crippen LogP contribution in [0.5, 0.6) is 0 Å². The molecule has 2 N–H and O–H groups in total. The summed E-state index contributed by atoms with van der Waals surface area (Å²) in [6, 6.07) is 0. The number of nitrogens with two attached hydrogens (primary N) is 1. The highest BCUT2D eigenvalue weighted by Crippen LogP contribution is 2.17. The van der Waals surface area contributed by atoms with Crippen molar-refractivity contribution in [2.24, 2.45) is 0 Å². The third kappa shape index (κ3) is 2.35. The first-order valence-electron chi connectivity index (χ1n) is 5.37.